The molecule has 1 fully saturated rings. The van der Waals surface area contributed by atoms with E-state index in [9.17, 15) is 0 Å². The average Bonchev–Trinajstić information content (AvgIpc) is 1.88. The first-order valence-corrected chi connectivity index (χ1v) is 4.37. The van der Waals surface area contributed by atoms with Gasteiger partial charge in [0.2, 0.25) is 0 Å². The van der Waals surface area contributed by atoms with Gasteiger partial charge in [0, 0.05) is 6.04 Å². The monoisotopic (exact) mass is 140 g/mol. The summed E-state index contributed by atoms with van der Waals surface area (Å²) in [6.07, 6.45) is 8.18. The highest BCUT2D eigenvalue weighted by Crippen LogP contribution is 2.26. The summed E-state index contributed by atoms with van der Waals surface area (Å²) >= 11 is 0. The number of nitrogens with two attached hydrogens (primary N) is 1. The van der Waals surface area contributed by atoms with Crippen LogP contribution in [0.1, 0.15) is 38.5 Å². The van der Waals surface area contributed by atoms with Crippen molar-refractivity contribution in [1.29, 1.82) is 0 Å². The molecule has 59 valence electrons. The number of rotatable bonds is 2. The zero-order chi connectivity index (χ0) is 7.40. The maximum atomic E-state index is 5.61. The Hall–Kier alpha value is -0.0400. The van der Waals surface area contributed by atoms with Gasteiger partial charge in [-0.2, -0.15) is 0 Å². The number of hydrogen-bond acceptors (Lipinski definition) is 1. The van der Waals surface area contributed by atoms with Crippen molar-refractivity contribution in [2.75, 3.05) is 0 Å². The molecule has 1 radical (unpaired) electrons. The molecule has 2 N–H and O–H groups in total. The van der Waals surface area contributed by atoms with Crippen LogP contribution in [-0.2, 0) is 0 Å². The van der Waals surface area contributed by atoms with E-state index < -0.39 is 0 Å². The smallest absolute Gasteiger partial charge is 0.00420 e. The molecule has 10 heavy (non-hydrogen) atoms. The Balaban J connectivity index is 2.13. The molecular weight excluding hydrogens is 122 g/mol. The molecule has 0 aromatic rings. The van der Waals surface area contributed by atoms with E-state index in [2.05, 4.69) is 6.92 Å². The van der Waals surface area contributed by atoms with Gasteiger partial charge >= 0.3 is 0 Å². The average molecular weight is 140 g/mol. The molecule has 1 aliphatic carbocycles. The van der Waals surface area contributed by atoms with Crippen LogP contribution in [0, 0.1) is 12.8 Å². The third kappa shape index (κ3) is 2.70. The van der Waals surface area contributed by atoms with E-state index in [0.717, 1.165) is 12.3 Å². The van der Waals surface area contributed by atoms with Crippen molar-refractivity contribution in [3.63, 3.8) is 0 Å². The maximum Gasteiger partial charge on any atom is 0.00420 e. The van der Waals surface area contributed by atoms with Crippen LogP contribution in [-0.4, -0.2) is 6.04 Å². The molecule has 1 atom stereocenters. The zero-order valence-corrected chi connectivity index (χ0v) is 6.68. The van der Waals surface area contributed by atoms with Gasteiger partial charge in [0.1, 0.15) is 0 Å². The van der Waals surface area contributed by atoms with Crippen LogP contribution in [0.2, 0.25) is 0 Å². The zero-order valence-electron chi connectivity index (χ0n) is 6.68. The summed E-state index contributed by atoms with van der Waals surface area (Å²) in [5.74, 6) is 0.890. The van der Waals surface area contributed by atoms with Crippen LogP contribution in [0.4, 0.5) is 0 Å². The van der Waals surface area contributed by atoms with Gasteiger partial charge in [-0.3, -0.25) is 0 Å². The molecule has 1 aliphatic rings. The van der Waals surface area contributed by atoms with E-state index >= 15 is 0 Å². The van der Waals surface area contributed by atoms with E-state index in [0.29, 0.717) is 0 Å². The van der Waals surface area contributed by atoms with Gasteiger partial charge in [-0.05, 0) is 19.3 Å². The van der Waals surface area contributed by atoms with Crippen molar-refractivity contribution in [2.45, 2.75) is 44.6 Å². The second kappa shape index (κ2) is 3.97. The molecule has 0 aliphatic heterocycles. The Morgan fingerprint density at radius 2 is 1.90 bits per heavy atom. The molecule has 1 heteroatoms. The third-order valence-corrected chi connectivity index (χ3v) is 2.36. The van der Waals surface area contributed by atoms with Gasteiger partial charge in [0.15, 0.2) is 0 Å². The van der Waals surface area contributed by atoms with Gasteiger partial charge in [-0.25, -0.2) is 0 Å². The van der Waals surface area contributed by atoms with Gasteiger partial charge in [0.05, 0.1) is 0 Å². The van der Waals surface area contributed by atoms with Crippen molar-refractivity contribution >= 4 is 0 Å². The topological polar surface area (TPSA) is 26.0 Å². The summed E-state index contributed by atoms with van der Waals surface area (Å²) in [6.45, 7) is 3.81. The molecule has 0 bridgehead atoms. The standard InChI is InChI=1S/C9H18N/c1-8(10)7-9-5-3-2-4-6-9/h8-9H,1-7,10H2/t8-/m1/s1. The van der Waals surface area contributed by atoms with Gasteiger partial charge in [-0.1, -0.05) is 32.1 Å². The van der Waals surface area contributed by atoms with Crippen LogP contribution in [0.15, 0.2) is 0 Å². The third-order valence-electron chi connectivity index (χ3n) is 2.36. The first-order chi connectivity index (χ1) is 4.79. The summed E-state index contributed by atoms with van der Waals surface area (Å²) in [6, 6.07) is 0.170. The molecule has 1 nitrogen and oxygen atoms in total. The summed E-state index contributed by atoms with van der Waals surface area (Å²) in [5, 5.41) is 0. The summed E-state index contributed by atoms with van der Waals surface area (Å²) in [5.41, 5.74) is 5.61. The van der Waals surface area contributed by atoms with E-state index in [4.69, 9.17) is 5.73 Å². The first kappa shape index (κ1) is 8.06. The quantitative estimate of drug-likeness (QED) is 0.624. The van der Waals surface area contributed by atoms with Crippen molar-refractivity contribution in [3.8, 4) is 0 Å². The van der Waals surface area contributed by atoms with E-state index in [-0.39, 0.29) is 6.04 Å². The van der Waals surface area contributed by atoms with Gasteiger partial charge < -0.3 is 5.73 Å². The lowest BCUT2D eigenvalue weighted by Gasteiger charge is -2.22. The summed E-state index contributed by atoms with van der Waals surface area (Å²) < 4.78 is 0. The molecule has 0 unspecified atom stereocenters. The maximum absolute atomic E-state index is 5.61. The Morgan fingerprint density at radius 1 is 1.30 bits per heavy atom. The summed E-state index contributed by atoms with van der Waals surface area (Å²) in [4.78, 5) is 0. The molecule has 1 rings (SSSR count). The predicted octanol–water partition coefficient (Wildman–Crippen LogP) is 2.12. The molecular formula is C9H18N. The lowest BCUT2D eigenvalue weighted by molar-refractivity contribution is 0.329. The van der Waals surface area contributed by atoms with E-state index in [1.807, 2.05) is 0 Å². The molecule has 0 aromatic carbocycles. The predicted molar refractivity (Wildman–Crippen MR) is 44.5 cm³/mol. The largest absolute Gasteiger partial charge is 0.328 e. The minimum Gasteiger partial charge on any atom is -0.328 e. The first-order valence-electron chi connectivity index (χ1n) is 4.37. The fraction of sp³-hybridized carbons (Fsp3) is 0.889. The fourth-order valence-electron chi connectivity index (χ4n) is 1.85. The molecule has 0 saturated heterocycles. The van der Waals surface area contributed by atoms with Crippen LogP contribution < -0.4 is 5.73 Å². The highest BCUT2D eigenvalue weighted by molar-refractivity contribution is 4.72. The Bertz CT molecular complexity index is 82.7. The van der Waals surface area contributed by atoms with Crippen LogP contribution in [0.3, 0.4) is 0 Å². The molecule has 1 saturated carbocycles. The second-order valence-corrected chi connectivity index (χ2v) is 3.50. The van der Waals surface area contributed by atoms with Gasteiger partial charge in [0.25, 0.3) is 0 Å². The minimum atomic E-state index is 0.170. The molecule has 0 aromatic heterocycles. The molecule has 0 heterocycles. The summed E-state index contributed by atoms with van der Waals surface area (Å²) in [7, 11) is 0. The van der Waals surface area contributed by atoms with Crippen molar-refractivity contribution in [1.82, 2.24) is 0 Å². The van der Waals surface area contributed by atoms with Crippen molar-refractivity contribution in [3.05, 3.63) is 6.92 Å². The van der Waals surface area contributed by atoms with Crippen LogP contribution in [0.5, 0.6) is 0 Å². The second-order valence-electron chi connectivity index (χ2n) is 3.50. The van der Waals surface area contributed by atoms with Crippen LogP contribution in [0.25, 0.3) is 0 Å². The van der Waals surface area contributed by atoms with Crippen LogP contribution >= 0.6 is 0 Å². The SMILES string of the molecule is [CH2][C@@H](N)CC1CCCCC1. The number of hydrogen-bond donors (Lipinski definition) is 1. The van der Waals surface area contributed by atoms with E-state index in [1.165, 1.54) is 32.1 Å². The van der Waals surface area contributed by atoms with Crippen molar-refractivity contribution < 1.29 is 0 Å². The van der Waals surface area contributed by atoms with Gasteiger partial charge in [-0.15, -0.1) is 0 Å². The van der Waals surface area contributed by atoms with E-state index in [1.54, 1.807) is 0 Å². The Morgan fingerprint density at radius 3 is 2.40 bits per heavy atom. The molecule has 0 spiro atoms. The lowest BCUT2D eigenvalue weighted by atomic mass is 9.85. The normalized spacial score (nSPS) is 24.6. The lowest BCUT2D eigenvalue weighted by Crippen LogP contribution is -2.21. The Kier molecular flexibility index (Phi) is 3.20. The molecule has 0 amide bonds. The fourth-order valence-corrected chi connectivity index (χ4v) is 1.85. The Labute approximate surface area is 64.0 Å². The highest BCUT2D eigenvalue weighted by atomic mass is 14.6. The van der Waals surface area contributed by atoms with Crippen molar-refractivity contribution in [2.24, 2.45) is 11.7 Å². The highest BCUT2D eigenvalue weighted by Gasteiger charge is 2.14. The minimum absolute atomic E-state index is 0.170.